The molecule has 4 nitrogen and oxygen atoms in total. The largest absolute Gasteiger partial charge is 0.256 e. The molecule has 0 aliphatic rings. The van der Waals surface area contributed by atoms with Crippen LogP contribution < -0.4 is 4.57 Å². The summed E-state index contributed by atoms with van der Waals surface area (Å²) in [6.45, 7) is 0. The Morgan fingerprint density at radius 2 is 1.24 bits per heavy atom. The molecule has 4 heteroatoms. The van der Waals surface area contributed by atoms with E-state index in [4.69, 9.17) is 0 Å². The van der Waals surface area contributed by atoms with Gasteiger partial charge in [-0.25, -0.2) is 9.13 Å². The normalized spacial score (nSPS) is 10.8. The van der Waals surface area contributed by atoms with Crippen LogP contribution in [0.25, 0.3) is 33.9 Å². The number of benzene rings is 2. The SMILES string of the molecule is c1ccc(-c2ccccc2-n2cc[n+](-c3ccccc3-c3ccccn3)c2)nc1. The van der Waals surface area contributed by atoms with E-state index in [1.54, 1.807) is 0 Å². The van der Waals surface area contributed by atoms with Crippen molar-refractivity contribution in [2.75, 3.05) is 0 Å². The molecule has 5 aromatic rings. The maximum Gasteiger partial charge on any atom is 0.254 e. The van der Waals surface area contributed by atoms with E-state index in [-0.39, 0.29) is 0 Å². The molecule has 0 bridgehead atoms. The molecule has 0 atom stereocenters. The Kier molecular flexibility index (Phi) is 4.43. The molecular weight excluding hydrogens is 356 g/mol. The Hall–Kier alpha value is -4.05. The fourth-order valence-corrected chi connectivity index (χ4v) is 3.51. The van der Waals surface area contributed by atoms with E-state index in [0.29, 0.717) is 0 Å². The molecule has 0 amide bonds. The van der Waals surface area contributed by atoms with Crippen LogP contribution in [0, 0.1) is 0 Å². The van der Waals surface area contributed by atoms with E-state index in [9.17, 15) is 0 Å². The summed E-state index contributed by atoms with van der Waals surface area (Å²) in [4.78, 5) is 9.05. The van der Waals surface area contributed by atoms with Crippen molar-refractivity contribution in [3.05, 3.63) is 116 Å². The topological polar surface area (TPSA) is 34.6 Å². The van der Waals surface area contributed by atoms with Gasteiger partial charge in [-0.05, 0) is 48.5 Å². The van der Waals surface area contributed by atoms with Crippen LogP contribution in [0.2, 0.25) is 0 Å². The molecular formula is C25H19N4+. The molecule has 5 rings (SSSR count). The van der Waals surface area contributed by atoms with E-state index in [0.717, 1.165) is 33.9 Å². The average molecular weight is 375 g/mol. The molecule has 0 saturated carbocycles. The van der Waals surface area contributed by atoms with E-state index in [1.165, 1.54) is 0 Å². The Bertz CT molecular complexity index is 1150. The number of nitrogens with zero attached hydrogens (tertiary/aromatic N) is 4. The third-order valence-electron chi connectivity index (χ3n) is 4.88. The quantitative estimate of drug-likeness (QED) is 0.420. The number of pyridine rings is 2. The van der Waals surface area contributed by atoms with Gasteiger partial charge < -0.3 is 0 Å². The number of hydrogen-bond donors (Lipinski definition) is 0. The average Bonchev–Trinajstić information content (AvgIpc) is 3.30. The van der Waals surface area contributed by atoms with Gasteiger partial charge in [0, 0.05) is 23.5 Å². The van der Waals surface area contributed by atoms with Crippen molar-refractivity contribution in [1.29, 1.82) is 0 Å². The summed E-state index contributed by atoms with van der Waals surface area (Å²) in [6.07, 6.45) is 9.87. The van der Waals surface area contributed by atoms with Gasteiger partial charge in [0.2, 0.25) is 0 Å². The lowest BCUT2D eigenvalue weighted by Gasteiger charge is -2.06. The second-order valence-corrected chi connectivity index (χ2v) is 6.69. The molecule has 0 radical (unpaired) electrons. The van der Waals surface area contributed by atoms with Gasteiger partial charge >= 0.3 is 0 Å². The summed E-state index contributed by atoms with van der Waals surface area (Å²) >= 11 is 0. The molecule has 0 spiro atoms. The minimum atomic E-state index is 0.956. The minimum Gasteiger partial charge on any atom is -0.256 e. The monoisotopic (exact) mass is 375 g/mol. The van der Waals surface area contributed by atoms with Crippen LogP contribution in [0.5, 0.6) is 0 Å². The van der Waals surface area contributed by atoms with Crippen LogP contribution in [0.4, 0.5) is 0 Å². The highest BCUT2D eigenvalue weighted by atomic mass is 15.1. The van der Waals surface area contributed by atoms with Crippen molar-refractivity contribution in [2.24, 2.45) is 0 Å². The van der Waals surface area contributed by atoms with Gasteiger partial charge in [0.25, 0.3) is 6.33 Å². The first-order valence-electron chi connectivity index (χ1n) is 9.51. The molecule has 0 aliphatic carbocycles. The van der Waals surface area contributed by atoms with Gasteiger partial charge in [0.15, 0.2) is 0 Å². The van der Waals surface area contributed by atoms with Crippen LogP contribution in [0.3, 0.4) is 0 Å². The zero-order chi connectivity index (χ0) is 19.5. The van der Waals surface area contributed by atoms with Crippen molar-refractivity contribution in [3.8, 4) is 33.9 Å². The summed E-state index contributed by atoms with van der Waals surface area (Å²) < 4.78 is 4.25. The molecule has 29 heavy (non-hydrogen) atoms. The van der Waals surface area contributed by atoms with E-state index >= 15 is 0 Å². The van der Waals surface area contributed by atoms with E-state index in [2.05, 4.69) is 62.1 Å². The Morgan fingerprint density at radius 1 is 0.621 bits per heavy atom. The zero-order valence-corrected chi connectivity index (χ0v) is 15.8. The van der Waals surface area contributed by atoms with Crippen LogP contribution >= 0.6 is 0 Å². The predicted octanol–water partition coefficient (Wildman–Crippen LogP) is 4.88. The van der Waals surface area contributed by atoms with Crippen LogP contribution in [-0.4, -0.2) is 14.5 Å². The highest BCUT2D eigenvalue weighted by molar-refractivity contribution is 5.70. The Labute approximate surface area is 169 Å². The molecule has 0 aliphatic heterocycles. The Morgan fingerprint density at radius 3 is 1.97 bits per heavy atom. The van der Waals surface area contributed by atoms with Gasteiger partial charge in [0.05, 0.1) is 11.4 Å². The molecule has 3 aromatic heterocycles. The van der Waals surface area contributed by atoms with Crippen LogP contribution in [0.1, 0.15) is 0 Å². The number of hydrogen-bond acceptors (Lipinski definition) is 2. The maximum atomic E-state index is 4.53. The minimum absolute atomic E-state index is 0.956. The molecule has 138 valence electrons. The first-order chi connectivity index (χ1) is 14.4. The van der Waals surface area contributed by atoms with Gasteiger partial charge in [0.1, 0.15) is 23.8 Å². The maximum absolute atomic E-state index is 4.53. The van der Waals surface area contributed by atoms with E-state index in [1.807, 2.05) is 73.1 Å². The van der Waals surface area contributed by atoms with Crippen molar-refractivity contribution in [3.63, 3.8) is 0 Å². The summed E-state index contributed by atoms with van der Waals surface area (Å²) in [5.74, 6) is 0. The third kappa shape index (κ3) is 3.32. The number of rotatable bonds is 4. The lowest BCUT2D eigenvalue weighted by molar-refractivity contribution is -0.594. The predicted molar refractivity (Wildman–Crippen MR) is 114 cm³/mol. The first-order valence-corrected chi connectivity index (χ1v) is 9.51. The van der Waals surface area contributed by atoms with Crippen LogP contribution in [0.15, 0.2) is 116 Å². The summed E-state index contributed by atoms with van der Waals surface area (Å²) in [6, 6.07) is 28.6. The molecule has 0 fully saturated rings. The summed E-state index contributed by atoms with van der Waals surface area (Å²) in [5, 5.41) is 0. The fourth-order valence-electron chi connectivity index (χ4n) is 3.51. The van der Waals surface area contributed by atoms with Crippen molar-refractivity contribution in [2.45, 2.75) is 0 Å². The molecule has 2 aromatic carbocycles. The van der Waals surface area contributed by atoms with Gasteiger partial charge in [-0.15, -0.1) is 0 Å². The number of para-hydroxylation sites is 2. The van der Waals surface area contributed by atoms with Gasteiger partial charge in [-0.1, -0.05) is 36.4 Å². The van der Waals surface area contributed by atoms with Gasteiger partial charge in [-0.3, -0.25) is 9.97 Å². The standard InChI is InChI=1S/C25H19N4/c1-3-13-24(20(9-1)22-11-5-7-15-26-22)28-17-18-29(19-28)25-14-4-2-10-21(25)23-12-6-8-16-27-23/h1-19H/q+1. The van der Waals surface area contributed by atoms with Crippen molar-refractivity contribution in [1.82, 2.24) is 14.5 Å². The number of imidazole rings is 1. The molecule has 3 heterocycles. The highest BCUT2D eigenvalue weighted by Gasteiger charge is 2.16. The Balaban J connectivity index is 1.60. The van der Waals surface area contributed by atoms with Crippen LogP contribution in [-0.2, 0) is 0 Å². The van der Waals surface area contributed by atoms with Crippen molar-refractivity contribution >= 4 is 0 Å². The molecule has 0 unspecified atom stereocenters. The second-order valence-electron chi connectivity index (χ2n) is 6.69. The molecule has 0 N–H and O–H groups in total. The summed E-state index contributed by atoms with van der Waals surface area (Å²) in [7, 11) is 0. The zero-order valence-electron chi connectivity index (χ0n) is 15.8. The smallest absolute Gasteiger partial charge is 0.254 e. The lowest BCUT2D eigenvalue weighted by atomic mass is 10.1. The first kappa shape index (κ1) is 17.1. The number of aromatic nitrogens is 4. The second kappa shape index (κ2) is 7.52. The van der Waals surface area contributed by atoms with E-state index < -0.39 is 0 Å². The van der Waals surface area contributed by atoms with Crippen molar-refractivity contribution < 1.29 is 4.57 Å². The van der Waals surface area contributed by atoms with Gasteiger partial charge in [-0.2, -0.15) is 0 Å². The summed E-state index contributed by atoms with van der Waals surface area (Å²) in [5.41, 5.74) is 6.26. The third-order valence-corrected chi connectivity index (χ3v) is 4.88. The molecule has 0 saturated heterocycles. The highest BCUT2D eigenvalue weighted by Crippen LogP contribution is 2.25. The lowest BCUT2D eigenvalue weighted by Crippen LogP contribution is -2.28. The fraction of sp³-hybridized carbons (Fsp3) is 0.